The fraction of sp³-hybridized carbons (Fsp3) is 0.364. The molecule has 2 aromatic rings. The SMILES string of the molecule is C/C(=N/NC(=O)c1ccc(C)cc1)c1ccc(C2CCCCC2)cc1. The molecule has 2 aromatic carbocycles. The number of nitrogens with zero attached hydrogens (tertiary/aromatic N) is 1. The fourth-order valence-corrected chi connectivity index (χ4v) is 3.40. The van der Waals surface area contributed by atoms with Gasteiger partial charge in [-0.1, -0.05) is 61.2 Å². The van der Waals surface area contributed by atoms with E-state index in [9.17, 15) is 4.79 Å². The molecule has 130 valence electrons. The highest BCUT2D eigenvalue weighted by molar-refractivity contribution is 6.00. The molecular weight excluding hydrogens is 308 g/mol. The standard InChI is InChI=1S/C22H26N2O/c1-16-8-10-21(11-9-16)22(25)24-23-17(2)18-12-14-20(15-13-18)19-6-4-3-5-7-19/h8-15,19H,3-7H2,1-2H3,(H,24,25)/b23-17-. The molecule has 0 unspecified atom stereocenters. The van der Waals surface area contributed by atoms with Crippen molar-refractivity contribution in [2.24, 2.45) is 5.10 Å². The third-order valence-electron chi connectivity index (χ3n) is 5.04. The number of carbonyl (C=O) groups is 1. The van der Waals surface area contributed by atoms with Gasteiger partial charge < -0.3 is 0 Å². The summed E-state index contributed by atoms with van der Waals surface area (Å²) in [6.45, 7) is 3.92. The van der Waals surface area contributed by atoms with Crippen LogP contribution < -0.4 is 5.43 Å². The van der Waals surface area contributed by atoms with E-state index in [0.29, 0.717) is 11.5 Å². The number of rotatable bonds is 4. The van der Waals surface area contributed by atoms with Gasteiger partial charge in [0, 0.05) is 5.56 Å². The summed E-state index contributed by atoms with van der Waals surface area (Å²) in [5.41, 5.74) is 7.69. The van der Waals surface area contributed by atoms with Crippen LogP contribution in [0.2, 0.25) is 0 Å². The van der Waals surface area contributed by atoms with E-state index in [1.54, 1.807) is 0 Å². The average Bonchev–Trinajstić information content (AvgIpc) is 2.67. The van der Waals surface area contributed by atoms with Crippen LogP contribution in [0.5, 0.6) is 0 Å². The van der Waals surface area contributed by atoms with Gasteiger partial charge in [0.15, 0.2) is 0 Å². The van der Waals surface area contributed by atoms with E-state index in [-0.39, 0.29) is 5.91 Å². The molecule has 0 bridgehead atoms. The van der Waals surface area contributed by atoms with Crippen LogP contribution in [0.25, 0.3) is 0 Å². The van der Waals surface area contributed by atoms with E-state index in [1.807, 2.05) is 38.1 Å². The Hall–Kier alpha value is -2.42. The van der Waals surface area contributed by atoms with Gasteiger partial charge in [-0.15, -0.1) is 0 Å². The molecule has 0 atom stereocenters. The summed E-state index contributed by atoms with van der Waals surface area (Å²) in [6.07, 6.45) is 6.68. The number of hydrogen-bond donors (Lipinski definition) is 1. The van der Waals surface area contributed by atoms with Crippen molar-refractivity contribution in [1.82, 2.24) is 5.43 Å². The third kappa shape index (κ3) is 4.56. The van der Waals surface area contributed by atoms with Crippen LogP contribution in [-0.4, -0.2) is 11.6 Å². The van der Waals surface area contributed by atoms with Crippen LogP contribution in [0.15, 0.2) is 53.6 Å². The Morgan fingerprint density at radius 2 is 1.52 bits per heavy atom. The Morgan fingerprint density at radius 3 is 2.16 bits per heavy atom. The highest BCUT2D eigenvalue weighted by Gasteiger charge is 2.15. The summed E-state index contributed by atoms with van der Waals surface area (Å²) in [5.74, 6) is 0.527. The first-order chi connectivity index (χ1) is 12.1. The van der Waals surface area contributed by atoms with Gasteiger partial charge in [-0.25, -0.2) is 5.43 Å². The highest BCUT2D eigenvalue weighted by Crippen LogP contribution is 2.32. The molecule has 0 saturated heterocycles. The van der Waals surface area contributed by atoms with E-state index >= 15 is 0 Å². The number of amides is 1. The number of nitrogens with one attached hydrogen (secondary N) is 1. The van der Waals surface area contributed by atoms with Crippen LogP contribution in [0.4, 0.5) is 0 Å². The van der Waals surface area contributed by atoms with Crippen molar-refractivity contribution in [3.63, 3.8) is 0 Å². The maximum Gasteiger partial charge on any atom is 0.271 e. The molecule has 3 rings (SSSR count). The smallest absolute Gasteiger partial charge is 0.267 e. The van der Waals surface area contributed by atoms with Crippen LogP contribution in [0.3, 0.4) is 0 Å². The minimum Gasteiger partial charge on any atom is -0.267 e. The lowest BCUT2D eigenvalue weighted by Crippen LogP contribution is -2.19. The predicted molar refractivity (Wildman–Crippen MR) is 103 cm³/mol. The molecule has 0 radical (unpaired) electrons. The second kappa shape index (κ2) is 8.11. The average molecular weight is 334 g/mol. The summed E-state index contributed by atoms with van der Waals surface area (Å²) in [4.78, 5) is 12.1. The lowest BCUT2D eigenvalue weighted by molar-refractivity contribution is 0.0955. The van der Waals surface area contributed by atoms with Gasteiger partial charge in [0.25, 0.3) is 5.91 Å². The Kier molecular flexibility index (Phi) is 5.64. The van der Waals surface area contributed by atoms with Crippen molar-refractivity contribution in [3.05, 3.63) is 70.8 Å². The molecule has 0 spiro atoms. The molecule has 3 nitrogen and oxygen atoms in total. The molecular formula is C22H26N2O. The maximum atomic E-state index is 12.1. The first kappa shape index (κ1) is 17.4. The normalized spacial score (nSPS) is 15.8. The largest absolute Gasteiger partial charge is 0.271 e. The van der Waals surface area contributed by atoms with E-state index in [0.717, 1.165) is 16.8 Å². The van der Waals surface area contributed by atoms with E-state index in [1.165, 1.54) is 37.7 Å². The van der Waals surface area contributed by atoms with E-state index in [4.69, 9.17) is 0 Å². The maximum absolute atomic E-state index is 12.1. The number of aryl methyl sites for hydroxylation is 1. The number of carbonyl (C=O) groups excluding carboxylic acids is 1. The minimum absolute atomic E-state index is 0.182. The van der Waals surface area contributed by atoms with Crippen LogP contribution in [0.1, 0.15) is 72.0 Å². The highest BCUT2D eigenvalue weighted by atomic mass is 16.2. The topological polar surface area (TPSA) is 41.5 Å². The predicted octanol–water partition coefficient (Wildman–Crippen LogP) is 5.20. The fourth-order valence-electron chi connectivity index (χ4n) is 3.40. The zero-order valence-corrected chi connectivity index (χ0v) is 15.1. The zero-order valence-electron chi connectivity index (χ0n) is 15.1. The number of hydrogen-bond acceptors (Lipinski definition) is 2. The summed E-state index contributed by atoms with van der Waals surface area (Å²) < 4.78 is 0. The van der Waals surface area contributed by atoms with Crippen molar-refractivity contribution < 1.29 is 4.79 Å². The van der Waals surface area contributed by atoms with Gasteiger partial charge in [0.05, 0.1) is 5.71 Å². The first-order valence-electron chi connectivity index (χ1n) is 9.15. The van der Waals surface area contributed by atoms with Gasteiger partial charge in [0.1, 0.15) is 0 Å². The molecule has 1 fully saturated rings. The minimum atomic E-state index is -0.182. The van der Waals surface area contributed by atoms with Gasteiger partial charge in [-0.2, -0.15) is 5.10 Å². The van der Waals surface area contributed by atoms with Gasteiger partial charge in [-0.3, -0.25) is 4.79 Å². The Labute approximate surface area is 150 Å². The molecule has 3 heteroatoms. The first-order valence-corrected chi connectivity index (χ1v) is 9.15. The number of hydrazone groups is 1. The van der Waals surface area contributed by atoms with Crippen molar-refractivity contribution in [3.8, 4) is 0 Å². The van der Waals surface area contributed by atoms with Crippen LogP contribution >= 0.6 is 0 Å². The lowest BCUT2D eigenvalue weighted by atomic mass is 9.84. The quantitative estimate of drug-likeness (QED) is 0.606. The molecule has 1 aliphatic carbocycles. The van der Waals surface area contributed by atoms with Crippen LogP contribution in [0, 0.1) is 6.92 Å². The van der Waals surface area contributed by atoms with Crippen molar-refractivity contribution >= 4 is 11.6 Å². The Morgan fingerprint density at radius 1 is 0.920 bits per heavy atom. The summed E-state index contributed by atoms with van der Waals surface area (Å²) in [5, 5.41) is 4.25. The molecule has 1 amide bonds. The molecule has 0 heterocycles. The molecule has 0 aromatic heterocycles. The van der Waals surface area contributed by atoms with Gasteiger partial charge >= 0.3 is 0 Å². The zero-order chi connectivity index (χ0) is 17.6. The molecule has 1 aliphatic rings. The number of benzene rings is 2. The lowest BCUT2D eigenvalue weighted by Gasteiger charge is -2.22. The van der Waals surface area contributed by atoms with Crippen molar-refractivity contribution in [2.75, 3.05) is 0 Å². The van der Waals surface area contributed by atoms with Gasteiger partial charge in [-0.05, 0) is 55.9 Å². The second-order valence-corrected chi connectivity index (χ2v) is 6.96. The summed E-state index contributed by atoms with van der Waals surface area (Å²) >= 11 is 0. The summed E-state index contributed by atoms with van der Waals surface area (Å²) in [7, 11) is 0. The third-order valence-corrected chi connectivity index (χ3v) is 5.04. The Balaban J connectivity index is 1.63. The van der Waals surface area contributed by atoms with E-state index in [2.05, 4.69) is 34.8 Å². The molecule has 25 heavy (non-hydrogen) atoms. The molecule has 1 N–H and O–H groups in total. The molecule has 0 aliphatic heterocycles. The Bertz CT molecular complexity index is 739. The molecule has 1 saturated carbocycles. The van der Waals surface area contributed by atoms with Gasteiger partial charge in [0.2, 0.25) is 0 Å². The second-order valence-electron chi connectivity index (χ2n) is 6.96. The van der Waals surface area contributed by atoms with Crippen LogP contribution in [-0.2, 0) is 0 Å². The monoisotopic (exact) mass is 334 g/mol. The summed E-state index contributed by atoms with van der Waals surface area (Å²) in [6, 6.07) is 16.1. The van der Waals surface area contributed by atoms with Crippen molar-refractivity contribution in [1.29, 1.82) is 0 Å². The van der Waals surface area contributed by atoms with Crippen molar-refractivity contribution in [2.45, 2.75) is 51.9 Å². The van der Waals surface area contributed by atoms with E-state index < -0.39 is 0 Å².